The molecule has 816 valence electrons. The summed E-state index contributed by atoms with van der Waals surface area (Å²) in [6.45, 7) is -9.22. The molecule has 0 saturated carbocycles. The number of amides is 1. The molecule has 1 amide bonds. The van der Waals surface area contributed by atoms with Gasteiger partial charge in [-0.3, -0.25) is 22.9 Å². The number of phosphoric acid groups is 4. The molecule has 72 heteroatoms. The van der Waals surface area contributed by atoms with E-state index in [1.165, 1.54) is 6.92 Å². The fourth-order valence-corrected chi connectivity index (χ4v) is 19.4. The Labute approximate surface area is 785 Å². The number of aliphatic hydroxyl groups is 25. The Hall–Kier alpha value is -2.99. The highest BCUT2D eigenvalue weighted by molar-refractivity contribution is 7.47. The van der Waals surface area contributed by atoms with Crippen LogP contribution >= 0.6 is 31.3 Å². The van der Waals surface area contributed by atoms with Crippen LogP contribution in [-0.2, 0) is 141 Å². The van der Waals surface area contributed by atoms with E-state index in [2.05, 4.69) is 5.32 Å². The Bertz CT molecular complexity index is 4180. The Morgan fingerprint density at radius 3 is 1.23 bits per heavy atom. The van der Waals surface area contributed by atoms with Gasteiger partial charge in [-0.15, -0.1) is 0 Å². The van der Waals surface area contributed by atoms with Gasteiger partial charge in [-0.1, -0.05) is 0 Å². The van der Waals surface area contributed by atoms with Crippen LogP contribution in [0.15, 0.2) is 0 Å². The van der Waals surface area contributed by atoms with Gasteiger partial charge in [-0.25, -0.2) is 27.8 Å². The third kappa shape index (κ3) is 27.3. The zero-order valence-corrected chi connectivity index (χ0v) is 76.4. The highest BCUT2D eigenvalue weighted by atomic mass is 31.2. The summed E-state index contributed by atoms with van der Waals surface area (Å²) in [6, 6.07) is -6.69. The summed E-state index contributed by atoms with van der Waals surface area (Å²) >= 11 is 0. The van der Waals surface area contributed by atoms with Gasteiger partial charge in [-0.05, 0) is 13.8 Å². The number of aliphatic hydroxyl groups excluding tert-OH is 24. The standard InChI is InChI=1S/C68H119N3O65P4/c1-14-30(86)36(92)27(69)57(114-14)126-49-31(87)15(2)115-61(40(49)96)125-48-29(71-16(3)80)59(116-25(12-78)35(48)91)124-47-28(70)58(119-26(13-79)46(47)123-62-50(38(94)34(90)24(11-77)118-62)127-60-39(95)37(93)33(89)23(10-76)117-60)128-51-53(133-137(102,103)104)42(19(83)7-73)121-64(55(51)135-139(108,109)110)129-52-54(134-138(105,106)107)43(20(84)8-74)120-63(56(52)136-140(111,112)113)122-45-22(5-67(101,65(97)98)131-44(45)21(85)9-75)130-68(66(99)100)4-17(81)32(88)41(132-68)18(82)6-72/h14-15,17-64,72-79,81-96,101H,4-13,69-70H2,1-3H3,(H,71,80)(H,97,98)(H,99,100)(H2,102,103,104)(H2,105,106,107)(H2,108,109,110)(H2,111,112,113)/t14-,15+,17-,18-,19+,20+,21-,22-,23-,24-,25-,26-,27-,28-,29-,30-,31+,32-,33-,34-,35-,36-,37+,38+,39-,40-,41-,42-,43-,44-,45-,46+,47-,48-,49-,50-,51+,52+,53-,54-,55+,56+,57+,58-,59-,60+,61+,62-,63-,64-,67-,68-/m1/s1. The molecule has 0 aliphatic carbocycles. The van der Waals surface area contributed by atoms with Crippen molar-refractivity contribution in [2.24, 2.45) is 11.5 Å². The maximum atomic E-state index is 13.9. The van der Waals surface area contributed by atoms with Crippen molar-refractivity contribution >= 4 is 49.1 Å². The van der Waals surface area contributed by atoms with E-state index in [1.807, 2.05) is 0 Å². The van der Waals surface area contributed by atoms with Crippen molar-refractivity contribution < 1.29 is 318 Å². The second kappa shape index (κ2) is 48.5. The van der Waals surface area contributed by atoms with Gasteiger partial charge >= 0.3 is 43.2 Å². The molecule has 0 unspecified atom stereocenters. The lowest BCUT2D eigenvalue weighted by Crippen LogP contribution is -2.72. The zero-order valence-electron chi connectivity index (χ0n) is 72.8. The van der Waals surface area contributed by atoms with E-state index >= 15 is 0 Å². The number of nitrogens with two attached hydrogens (primary N) is 2. The molecule has 10 fully saturated rings. The number of carboxylic acids is 2. The smallest absolute Gasteiger partial charge is 0.470 e. The lowest BCUT2D eigenvalue weighted by molar-refractivity contribution is -0.405. The lowest BCUT2D eigenvalue weighted by Gasteiger charge is -2.53. The molecule has 10 rings (SSSR count). The van der Waals surface area contributed by atoms with Crippen molar-refractivity contribution in [3.63, 3.8) is 0 Å². The van der Waals surface area contributed by atoms with Crippen molar-refractivity contribution in [1.29, 1.82) is 0 Å². The minimum absolute atomic E-state index is 0.779. The average Bonchev–Trinajstić information content (AvgIpc) is 0.735. The predicted octanol–water partition coefficient (Wildman–Crippen LogP) is -21.8. The molecule has 10 aliphatic rings. The van der Waals surface area contributed by atoms with Crippen LogP contribution in [0.2, 0.25) is 0 Å². The fourth-order valence-electron chi connectivity index (χ4n) is 17.2. The molecule has 0 spiro atoms. The van der Waals surface area contributed by atoms with Gasteiger partial charge in [0.05, 0.1) is 89.4 Å². The summed E-state index contributed by atoms with van der Waals surface area (Å²) in [5.41, 5.74) is 13.3. The van der Waals surface area contributed by atoms with Crippen LogP contribution in [0.4, 0.5) is 0 Å². The third-order valence-electron chi connectivity index (χ3n) is 24.2. The average molecular weight is 2140 g/mol. The molecule has 10 saturated heterocycles. The maximum absolute atomic E-state index is 13.9. The van der Waals surface area contributed by atoms with E-state index < -0.39 is 433 Å². The monoisotopic (exact) mass is 2140 g/mol. The molecule has 52 atom stereocenters. The van der Waals surface area contributed by atoms with Crippen molar-refractivity contribution in [2.45, 2.75) is 352 Å². The molecule has 40 N–H and O–H groups in total. The number of rotatable bonds is 41. The Morgan fingerprint density at radius 1 is 0.357 bits per heavy atom. The number of phosphoric ester groups is 4. The van der Waals surface area contributed by atoms with Crippen molar-refractivity contribution in [1.82, 2.24) is 5.32 Å². The highest BCUT2D eigenvalue weighted by Gasteiger charge is 2.68. The van der Waals surface area contributed by atoms with Crippen molar-refractivity contribution in [3.05, 3.63) is 0 Å². The number of nitrogens with one attached hydrogen (secondary N) is 1. The molecule has 10 heterocycles. The van der Waals surface area contributed by atoms with Crippen LogP contribution in [0, 0.1) is 0 Å². The molecule has 68 nitrogen and oxygen atoms in total. The number of aliphatic carboxylic acids is 2. The number of carbonyl (C=O) groups excluding carboxylic acids is 1. The van der Waals surface area contributed by atoms with Gasteiger partial charge < -0.3 is 284 Å². The second-order valence-corrected chi connectivity index (χ2v) is 38.8. The lowest BCUT2D eigenvalue weighted by atomic mass is 9.89. The van der Waals surface area contributed by atoms with Crippen LogP contribution in [0.1, 0.15) is 33.6 Å². The molecule has 0 aromatic rings. The molecule has 10 aliphatic heterocycles. The highest BCUT2D eigenvalue weighted by Crippen LogP contribution is 2.54. The van der Waals surface area contributed by atoms with E-state index in [9.17, 15) is 210 Å². The van der Waals surface area contributed by atoms with Crippen LogP contribution in [0.5, 0.6) is 0 Å². The van der Waals surface area contributed by atoms with Crippen LogP contribution < -0.4 is 16.8 Å². The van der Waals surface area contributed by atoms with Crippen LogP contribution in [0.25, 0.3) is 0 Å². The molecular weight excluding hydrogens is 2020 g/mol. The van der Waals surface area contributed by atoms with Gasteiger partial charge in [0.2, 0.25) is 5.91 Å². The number of hydrogen-bond donors (Lipinski definition) is 38. The summed E-state index contributed by atoms with van der Waals surface area (Å²) in [5.74, 6) is -13.8. The number of carbonyl (C=O) groups is 3. The van der Waals surface area contributed by atoms with Crippen molar-refractivity contribution in [3.8, 4) is 0 Å². The normalized spacial score (nSPS) is 46.4. The Kier molecular flexibility index (Phi) is 41.2. The Morgan fingerprint density at radius 2 is 0.743 bits per heavy atom. The molecular formula is C68H119N3O65P4. The first kappa shape index (κ1) is 119. The number of carboxylic acid groups (broad SMARTS) is 2. The van der Waals surface area contributed by atoms with Gasteiger partial charge in [0.1, 0.15) is 220 Å². The van der Waals surface area contributed by atoms with Gasteiger partial charge in [0.25, 0.3) is 11.6 Å². The first-order valence-electron chi connectivity index (χ1n) is 42.3. The minimum Gasteiger partial charge on any atom is -0.477 e. The van der Waals surface area contributed by atoms with Crippen LogP contribution in [-0.4, -0.2) is 566 Å². The molecule has 0 radical (unpaired) electrons. The maximum Gasteiger partial charge on any atom is 0.470 e. The molecule has 0 aromatic heterocycles. The largest absolute Gasteiger partial charge is 0.477 e. The van der Waals surface area contributed by atoms with E-state index in [1.54, 1.807) is 0 Å². The minimum atomic E-state index is -6.79. The van der Waals surface area contributed by atoms with E-state index in [0.717, 1.165) is 13.8 Å². The van der Waals surface area contributed by atoms with Gasteiger partial charge in [0.15, 0.2) is 50.3 Å². The van der Waals surface area contributed by atoms with Gasteiger partial charge in [-0.2, -0.15) is 0 Å². The molecule has 140 heavy (non-hydrogen) atoms. The Balaban J connectivity index is 1.15. The first-order chi connectivity index (χ1) is 65.1. The van der Waals surface area contributed by atoms with E-state index in [-0.39, 0.29) is 0 Å². The van der Waals surface area contributed by atoms with E-state index in [0.29, 0.717) is 0 Å². The number of hydrogen-bond acceptors (Lipinski definition) is 57. The van der Waals surface area contributed by atoms with Gasteiger partial charge in [0, 0.05) is 19.8 Å². The summed E-state index contributed by atoms with van der Waals surface area (Å²) < 4.78 is 187. The number of ether oxygens (including phenoxy) is 19. The SMILES string of the molecule is CC(=O)N[C@H]1[C@@H](O[C@@H]2[C@@H](N)[C@@H](O[C@H]3[C@H](OP(=O)(O)O)[C@@H]([C@@H](O)CO)O[C@H](O[C@H]4[C@H](OP(=O)(O)O)[C@@H]([C@@H](O)CO)O[C@H](O[C@H]5[C@@H]([C@H](O)CO)O[C@@](O)(C(=O)O)C[C@H]5O[C@]5(C(=O)O)C[C@@H](O)[C@@H](O)[C@@H]([C@H](O)CO)O5)[C@H]4OP(=O)(O)O)[C@H]3OP(=O)(O)O)O[C@H](CO)[C@@H]2O[C@H]2O[C@H](CO)[C@@H](O)[C@H](O)[C@H]2O[C@@H]2O[C@H](CO)[C@@H](O)[C@H](O)[C@H]2O)O[C@H](CO)[C@@H](O)[C@@H]1O[C@@H]1O[C@@H](C)[C@H](O)[C@@H](O[C@@H]2O[C@H](C)[C@@H](O)[C@H](O)[C@H]2N)[C@H]1O. The second-order valence-electron chi connectivity index (χ2n) is 34.0. The zero-order chi connectivity index (χ0) is 105. The molecule has 0 aromatic carbocycles. The third-order valence-corrected chi connectivity index (χ3v) is 26.2. The summed E-state index contributed by atoms with van der Waals surface area (Å²) in [4.78, 5) is 127. The summed E-state index contributed by atoms with van der Waals surface area (Å²) in [5, 5.41) is 302. The topological polar surface area (TPSA) is 1100 Å². The predicted molar refractivity (Wildman–Crippen MR) is 420 cm³/mol. The summed E-state index contributed by atoms with van der Waals surface area (Å²) in [7, 11) is -26.7. The summed E-state index contributed by atoms with van der Waals surface area (Å²) in [6.07, 6.45) is -125. The quantitative estimate of drug-likeness (QED) is 0.0253. The first-order valence-corrected chi connectivity index (χ1v) is 48.4. The van der Waals surface area contributed by atoms with Crippen LogP contribution in [0.3, 0.4) is 0 Å². The van der Waals surface area contributed by atoms with Crippen molar-refractivity contribution in [2.75, 3.05) is 52.9 Å². The fraction of sp³-hybridized carbons (Fsp3) is 0.956. The molecule has 0 bridgehead atoms. The van der Waals surface area contributed by atoms with E-state index in [4.69, 9.17) is 120 Å².